The molecule has 0 unspecified atom stereocenters. The van der Waals surface area contributed by atoms with E-state index in [0.29, 0.717) is 31.1 Å². The van der Waals surface area contributed by atoms with Crippen molar-refractivity contribution in [3.8, 4) is 0 Å². The summed E-state index contributed by atoms with van der Waals surface area (Å²) < 4.78 is 0. The first-order valence-corrected chi connectivity index (χ1v) is 6.79. The molecule has 0 aliphatic rings. The summed E-state index contributed by atoms with van der Waals surface area (Å²) in [6.07, 6.45) is 2.15. The summed E-state index contributed by atoms with van der Waals surface area (Å²) in [4.78, 5) is 11.6. The summed E-state index contributed by atoms with van der Waals surface area (Å²) in [6, 6.07) is 3.77. The fraction of sp³-hybridized carbons (Fsp3) is 0.429. The second-order valence-corrected chi connectivity index (χ2v) is 5.27. The number of hydrogen-bond acceptors (Lipinski definition) is 4. The van der Waals surface area contributed by atoms with Crippen LogP contribution < -0.4 is 16.4 Å². The van der Waals surface area contributed by atoms with Crippen LogP contribution in [0.15, 0.2) is 18.3 Å². The van der Waals surface area contributed by atoms with Gasteiger partial charge in [0.15, 0.2) is 0 Å². The number of nitrogens with two attached hydrogens (primary N) is 1. The molecule has 1 aromatic carbocycles. The third kappa shape index (κ3) is 3.63. The van der Waals surface area contributed by atoms with Crippen molar-refractivity contribution in [1.29, 1.82) is 0 Å². The Morgan fingerprint density at radius 1 is 1.45 bits per heavy atom. The molecule has 1 aromatic heterocycles. The number of amides is 1. The molecule has 0 radical (unpaired) electrons. The van der Waals surface area contributed by atoms with Crippen LogP contribution in [0.25, 0.3) is 10.9 Å². The van der Waals surface area contributed by atoms with E-state index in [1.165, 1.54) is 0 Å². The Bertz CT molecular complexity index is 590. The minimum Gasteiger partial charge on any atom is -0.397 e. The van der Waals surface area contributed by atoms with Gasteiger partial charge in [-0.2, -0.15) is 5.10 Å². The first kappa shape index (κ1) is 14.2. The number of fused-ring (bicyclic) bond motifs is 1. The summed E-state index contributed by atoms with van der Waals surface area (Å²) in [5.41, 5.74) is 8.35. The summed E-state index contributed by atoms with van der Waals surface area (Å²) >= 11 is 0. The zero-order valence-electron chi connectivity index (χ0n) is 11.9. The quantitative estimate of drug-likeness (QED) is 0.604. The highest BCUT2D eigenvalue weighted by Crippen LogP contribution is 2.24. The van der Waals surface area contributed by atoms with Crippen LogP contribution in [0, 0.1) is 5.92 Å². The molecule has 0 aliphatic carbocycles. The zero-order chi connectivity index (χ0) is 14.5. The smallest absolute Gasteiger partial charge is 0.221 e. The Kier molecular flexibility index (Phi) is 4.45. The van der Waals surface area contributed by atoms with Crippen LogP contribution >= 0.6 is 0 Å². The van der Waals surface area contributed by atoms with E-state index in [1.807, 2.05) is 12.1 Å². The number of aromatic nitrogens is 2. The van der Waals surface area contributed by atoms with Gasteiger partial charge in [0.2, 0.25) is 5.91 Å². The maximum absolute atomic E-state index is 11.6. The normalized spacial score (nSPS) is 10.9. The molecule has 0 bridgehead atoms. The van der Waals surface area contributed by atoms with Crippen LogP contribution in [0.1, 0.15) is 20.3 Å². The summed E-state index contributed by atoms with van der Waals surface area (Å²) in [6.45, 7) is 5.40. The van der Waals surface area contributed by atoms with Crippen molar-refractivity contribution >= 4 is 28.2 Å². The molecule has 0 saturated heterocycles. The van der Waals surface area contributed by atoms with Gasteiger partial charge in [-0.1, -0.05) is 13.8 Å². The summed E-state index contributed by atoms with van der Waals surface area (Å²) in [5, 5.41) is 13.9. The number of carbonyl (C=O) groups is 1. The number of H-pyrrole nitrogens is 1. The minimum atomic E-state index is 0.0485. The van der Waals surface area contributed by atoms with Crippen molar-refractivity contribution in [2.75, 3.05) is 24.1 Å². The molecule has 6 nitrogen and oxygen atoms in total. The largest absolute Gasteiger partial charge is 0.397 e. The summed E-state index contributed by atoms with van der Waals surface area (Å²) in [5.74, 6) is 0.512. The van der Waals surface area contributed by atoms with Crippen LogP contribution in [0.2, 0.25) is 0 Å². The van der Waals surface area contributed by atoms with Crippen molar-refractivity contribution in [2.24, 2.45) is 5.92 Å². The Balaban J connectivity index is 1.86. The second-order valence-electron chi connectivity index (χ2n) is 5.27. The lowest BCUT2D eigenvalue weighted by Crippen LogP contribution is -2.28. The van der Waals surface area contributed by atoms with Crippen molar-refractivity contribution in [3.63, 3.8) is 0 Å². The molecule has 2 aromatic rings. The van der Waals surface area contributed by atoms with E-state index >= 15 is 0 Å². The van der Waals surface area contributed by atoms with E-state index in [1.54, 1.807) is 6.20 Å². The van der Waals surface area contributed by atoms with Crippen LogP contribution in [-0.2, 0) is 4.79 Å². The highest BCUT2D eigenvalue weighted by atomic mass is 16.1. The lowest BCUT2D eigenvalue weighted by molar-refractivity contribution is -0.120. The Morgan fingerprint density at radius 2 is 2.25 bits per heavy atom. The van der Waals surface area contributed by atoms with Gasteiger partial charge in [-0.05, 0) is 18.1 Å². The van der Waals surface area contributed by atoms with E-state index in [4.69, 9.17) is 5.73 Å². The van der Waals surface area contributed by atoms with Crippen LogP contribution in [0.3, 0.4) is 0 Å². The molecule has 1 amide bonds. The van der Waals surface area contributed by atoms with Gasteiger partial charge in [0.05, 0.1) is 23.1 Å². The van der Waals surface area contributed by atoms with Gasteiger partial charge in [0.25, 0.3) is 0 Å². The number of nitrogen functional groups attached to an aromatic ring is 1. The van der Waals surface area contributed by atoms with Gasteiger partial charge in [0.1, 0.15) is 0 Å². The standard InChI is InChI=1S/C14H21N5O/c1-9(2)7-17-14(20)3-4-16-13-6-12-10(5-11(13)15)8-18-19-12/h5-6,8-9,16H,3-4,7,15H2,1-2H3,(H,17,20)(H,18,19). The highest BCUT2D eigenvalue weighted by molar-refractivity contribution is 5.88. The average molecular weight is 275 g/mol. The van der Waals surface area contributed by atoms with Crippen LogP contribution in [-0.4, -0.2) is 29.2 Å². The molecule has 20 heavy (non-hydrogen) atoms. The molecular weight excluding hydrogens is 254 g/mol. The third-order valence-electron chi connectivity index (χ3n) is 2.99. The Morgan fingerprint density at radius 3 is 3.00 bits per heavy atom. The molecule has 108 valence electrons. The van der Waals surface area contributed by atoms with Gasteiger partial charge in [-0.15, -0.1) is 0 Å². The molecule has 0 spiro atoms. The van der Waals surface area contributed by atoms with Crippen molar-refractivity contribution < 1.29 is 4.79 Å². The van der Waals surface area contributed by atoms with Crippen molar-refractivity contribution in [2.45, 2.75) is 20.3 Å². The predicted octanol–water partition coefficient (Wildman–Crippen LogP) is 1.72. The van der Waals surface area contributed by atoms with Gasteiger partial charge in [-0.25, -0.2) is 0 Å². The molecule has 0 aliphatic heterocycles. The van der Waals surface area contributed by atoms with Crippen LogP contribution in [0.4, 0.5) is 11.4 Å². The molecular formula is C14H21N5O. The van der Waals surface area contributed by atoms with Gasteiger partial charge >= 0.3 is 0 Å². The molecule has 2 rings (SSSR count). The molecule has 0 fully saturated rings. The molecule has 0 saturated carbocycles. The van der Waals surface area contributed by atoms with Crippen molar-refractivity contribution in [3.05, 3.63) is 18.3 Å². The second kappa shape index (κ2) is 6.27. The number of rotatable bonds is 6. The molecule has 1 heterocycles. The van der Waals surface area contributed by atoms with E-state index in [9.17, 15) is 4.79 Å². The molecule has 5 N–H and O–H groups in total. The molecule has 0 atom stereocenters. The van der Waals surface area contributed by atoms with E-state index in [0.717, 1.165) is 16.6 Å². The van der Waals surface area contributed by atoms with E-state index in [-0.39, 0.29) is 5.91 Å². The highest BCUT2D eigenvalue weighted by Gasteiger charge is 2.05. The minimum absolute atomic E-state index is 0.0485. The number of anilines is 2. The van der Waals surface area contributed by atoms with Gasteiger partial charge in [0, 0.05) is 24.9 Å². The monoisotopic (exact) mass is 275 g/mol. The summed E-state index contributed by atoms with van der Waals surface area (Å²) in [7, 11) is 0. The van der Waals surface area contributed by atoms with E-state index in [2.05, 4.69) is 34.7 Å². The maximum Gasteiger partial charge on any atom is 0.221 e. The molecule has 6 heteroatoms. The lowest BCUT2D eigenvalue weighted by atomic mass is 10.2. The van der Waals surface area contributed by atoms with Gasteiger partial charge < -0.3 is 16.4 Å². The maximum atomic E-state index is 11.6. The van der Waals surface area contributed by atoms with Crippen LogP contribution in [0.5, 0.6) is 0 Å². The van der Waals surface area contributed by atoms with E-state index < -0.39 is 0 Å². The third-order valence-corrected chi connectivity index (χ3v) is 2.99. The van der Waals surface area contributed by atoms with Crippen molar-refractivity contribution in [1.82, 2.24) is 15.5 Å². The number of nitrogens with zero attached hydrogens (tertiary/aromatic N) is 1. The Labute approximate surface area is 118 Å². The lowest BCUT2D eigenvalue weighted by Gasteiger charge is -2.10. The number of aromatic amines is 1. The SMILES string of the molecule is CC(C)CNC(=O)CCNc1cc2[nH]ncc2cc1N. The fourth-order valence-electron chi connectivity index (χ4n) is 1.88. The fourth-order valence-corrected chi connectivity index (χ4v) is 1.88. The zero-order valence-corrected chi connectivity index (χ0v) is 11.9. The number of carbonyl (C=O) groups excluding carboxylic acids is 1. The first-order chi connectivity index (χ1) is 9.56. The number of nitrogens with one attached hydrogen (secondary N) is 3. The average Bonchev–Trinajstić information content (AvgIpc) is 2.83. The Hall–Kier alpha value is -2.24. The number of benzene rings is 1. The number of hydrogen-bond donors (Lipinski definition) is 4. The first-order valence-electron chi connectivity index (χ1n) is 6.79. The topological polar surface area (TPSA) is 95.8 Å². The van der Waals surface area contributed by atoms with Gasteiger partial charge in [-0.3, -0.25) is 9.89 Å². The predicted molar refractivity (Wildman–Crippen MR) is 81.5 cm³/mol.